The summed E-state index contributed by atoms with van der Waals surface area (Å²) < 4.78 is 0. The second-order valence-corrected chi connectivity index (χ2v) is 6.34. The van der Waals surface area contributed by atoms with E-state index in [0.29, 0.717) is 5.56 Å². The minimum Gasteiger partial charge on any atom is -0.368 e. The van der Waals surface area contributed by atoms with Crippen LogP contribution >= 0.6 is 0 Å². The molecule has 0 fully saturated rings. The van der Waals surface area contributed by atoms with Crippen LogP contribution in [0.2, 0.25) is 0 Å². The maximum absolute atomic E-state index is 12.0. The SMILES string of the molecule is CC(NC(=O)c1ccc(CCCCCc2ccccc2)cc1)C(N)=O. The average Bonchev–Trinajstić information content (AvgIpc) is 2.62. The fraction of sp³-hybridized carbons (Fsp3) is 0.333. The molecule has 4 nitrogen and oxygen atoms in total. The lowest BCUT2D eigenvalue weighted by Crippen LogP contribution is -2.42. The van der Waals surface area contributed by atoms with Crippen LogP contribution < -0.4 is 11.1 Å². The van der Waals surface area contributed by atoms with Crippen molar-refractivity contribution < 1.29 is 9.59 Å². The van der Waals surface area contributed by atoms with E-state index in [1.54, 1.807) is 19.1 Å². The second-order valence-electron chi connectivity index (χ2n) is 6.34. The minimum atomic E-state index is -0.670. The Bertz CT molecular complexity index is 681. The summed E-state index contributed by atoms with van der Waals surface area (Å²) >= 11 is 0. The van der Waals surface area contributed by atoms with Crippen molar-refractivity contribution in [1.82, 2.24) is 5.32 Å². The summed E-state index contributed by atoms with van der Waals surface area (Å²) in [6.45, 7) is 1.57. The first-order valence-corrected chi connectivity index (χ1v) is 8.79. The molecule has 1 unspecified atom stereocenters. The highest BCUT2D eigenvalue weighted by molar-refractivity contribution is 5.97. The van der Waals surface area contributed by atoms with Gasteiger partial charge in [0.15, 0.2) is 0 Å². The van der Waals surface area contributed by atoms with E-state index in [1.165, 1.54) is 24.0 Å². The third kappa shape index (κ3) is 6.42. The van der Waals surface area contributed by atoms with E-state index in [2.05, 4.69) is 29.6 Å². The van der Waals surface area contributed by atoms with E-state index in [9.17, 15) is 9.59 Å². The lowest BCUT2D eigenvalue weighted by molar-refractivity contribution is -0.119. The fourth-order valence-corrected chi connectivity index (χ4v) is 2.65. The number of primary amides is 1. The first-order valence-electron chi connectivity index (χ1n) is 8.79. The number of carbonyl (C=O) groups is 2. The largest absolute Gasteiger partial charge is 0.368 e. The zero-order chi connectivity index (χ0) is 18.1. The van der Waals surface area contributed by atoms with Crippen LogP contribution in [0.15, 0.2) is 54.6 Å². The summed E-state index contributed by atoms with van der Waals surface area (Å²) in [5.74, 6) is -0.818. The number of carbonyl (C=O) groups excluding carboxylic acids is 2. The van der Waals surface area contributed by atoms with Crippen LogP contribution in [0, 0.1) is 0 Å². The predicted molar refractivity (Wildman–Crippen MR) is 100 cm³/mol. The molecular formula is C21H26N2O2. The van der Waals surface area contributed by atoms with Crippen molar-refractivity contribution in [2.45, 2.75) is 45.1 Å². The van der Waals surface area contributed by atoms with E-state index in [1.807, 2.05) is 18.2 Å². The standard InChI is InChI=1S/C21H26N2O2/c1-16(20(22)24)23-21(25)19-14-12-18(13-15-19)11-7-3-6-10-17-8-4-2-5-9-17/h2,4-5,8-9,12-16H,3,6-7,10-11H2,1H3,(H2,22,24)(H,23,25). The van der Waals surface area contributed by atoms with Crippen molar-refractivity contribution in [3.05, 3.63) is 71.3 Å². The fourth-order valence-electron chi connectivity index (χ4n) is 2.65. The second kappa shape index (κ2) is 9.62. The number of amides is 2. The summed E-state index contributed by atoms with van der Waals surface area (Å²) in [6, 6.07) is 17.4. The molecular weight excluding hydrogens is 312 g/mol. The van der Waals surface area contributed by atoms with Gasteiger partial charge in [-0.1, -0.05) is 48.9 Å². The molecule has 3 N–H and O–H groups in total. The molecule has 132 valence electrons. The summed E-state index contributed by atoms with van der Waals surface area (Å²) in [5, 5.41) is 2.58. The third-order valence-corrected chi connectivity index (χ3v) is 4.26. The van der Waals surface area contributed by atoms with Crippen molar-refractivity contribution in [2.75, 3.05) is 0 Å². The molecule has 2 rings (SSSR count). The van der Waals surface area contributed by atoms with Crippen LogP contribution in [0.4, 0.5) is 0 Å². The molecule has 0 saturated heterocycles. The van der Waals surface area contributed by atoms with Crippen LogP contribution in [0.1, 0.15) is 47.7 Å². The monoisotopic (exact) mass is 338 g/mol. The maximum atomic E-state index is 12.0. The number of hydrogen-bond acceptors (Lipinski definition) is 2. The van der Waals surface area contributed by atoms with Gasteiger partial charge in [-0.2, -0.15) is 0 Å². The number of nitrogens with one attached hydrogen (secondary N) is 1. The Morgan fingerprint density at radius 1 is 0.880 bits per heavy atom. The highest BCUT2D eigenvalue weighted by atomic mass is 16.2. The Hall–Kier alpha value is -2.62. The Morgan fingerprint density at radius 3 is 2.00 bits per heavy atom. The molecule has 0 spiro atoms. The molecule has 4 heteroatoms. The number of rotatable bonds is 9. The molecule has 0 aliphatic rings. The molecule has 2 aromatic rings. The normalized spacial score (nSPS) is 11.7. The predicted octanol–water partition coefficient (Wildman–Crippen LogP) is 3.25. The van der Waals surface area contributed by atoms with Crippen molar-refractivity contribution in [1.29, 1.82) is 0 Å². The quantitative estimate of drug-likeness (QED) is 0.689. The molecule has 1 atom stereocenters. The average molecular weight is 338 g/mol. The van der Waals surface area contributed by atoms with Crippen LogP contribution in [0.3, 0.4) is 0 Å². The van der Waals surface area contributed by atoms with E-state index >= 15 is 0 Å². The first kappa shape index (κ1) is 18.7. The zero-order valence-electron chi connectivity index (χ0n) is 14.7. The minimum absolute atomic E-state index is 0.277. The van der Waals surface area contributed by atoms with Gasteiger partial charge in [-0.25, -0.2) is 0 Å². The Kier molecular flexibility index (Phi) is 7.20. The molecule has 0 saturated carbocycles. The van der Waals surface area contributed by atoms with Gasteiger partial charge in [-0.15, -0.1) is 0 Å². The van der Waals surface area contributed by atoms with E-state index < -0.39 is 11.9 Å². The summed E-state index contributed by atoms with van der Waals surface area (Å²) in [6.07, 6.45) is 5.65. The first-order chi connectivity index (χ1) is 12.1. The van der Waals surface area contributed by atoms with Gasteiger partial charge in [0, 0.05) is 5.56 Å². The molecule has 0 aliphatic heterocycles. The highest BCUT2D eigenvalue weighted by Crippen LogP contribution is 2.11. The van der Waals surface area contributed by atoms with Crippen LogP contribution in [0.5, 0.6) is 0 Å². The van der Waals surface area contributed by atoms with Crippen molar-refractivity contribution in [3.8, 4) is 0 Å². The molecule has 0 radical (unpaired) electrons. The summed E-state index contributed by atoms with van der Waals surface area (Å²) in [5.41, 5.74) is 8.31. The lowest BCUT2D eigenvalue weighted by Gasteiger charge is -2.10. The van der Waals surface area contributed by atoms with E-state index in [0.717, 1.165) is 19.3 Å². The molecule has 0 bridgehead atoms. The Labute approximate surface area is 149 Å². The van der Waals surface area contributed by atoms with Crippen LogP contribution in [0.25, 0.3) is 0 Å². The van der Waals surface area contributed by atoms with E-state index in [-0.39, 0.29) is 5.91 Å². The molecule has 0 aliphatic carbocycles. The van der Waals surface area contributed by atoms with Gasteiger partial charge in [-0.3, -0.25) is 9.59 Å². The number of benzene rings is 2. The number of hydrogen-bond donors (Lipinski definition) is 2. The molecule has 0 heterocycles. The highest BCUT2D eigenvalue weighted by Gasteiger charge is 2.13. The van der Waals surface area contributed by atoms with Gasteiger partial charge in [0.25, 0.3) is 5.91 Å². The van der Waals surface area contributed by atoms with Crippen molar-refractivity contribution in [3.63, 3.8) is 0 Å². The smallest absolute Gasteiger partial charge is 0.251 e. The number of nitrogens with two attached hydrogens (primary N) is 1. The topological polar surface area (TPSA) is 72.2 Å². The van der Waals surface area contributed by atoms with Gasteiger partial charge >= 0.3 is 0 Å². The van der Waals surface area contributed by atoms with E-state index in [4.69, 9.17) is 5.73 Å². The van der Waals surface area contributed by atoms with Gasteiger partial charge in [-0.05, 0) is 55.9 Å². The third-order valence-electron chi connectivity index (χ3n) is 4.26. The van der Waals surface area contributed by atoms with Gasteiger partial charge < -0.3 is 11.1 Å². The van der Waals surface area contributed by atoms with Crippen LogP contribution in [-0.4, -0.2) is 17.9 Å². The molecule has 2 amide bonds. The van der Waals surface area contributed by atoms with Crippen molar-refractivity contribution in [2.24, 2.45) is 5.73 Å². The molecule has 25 heavy (non-hydrogen) atoms. The maximum Gasteiger partial charge on any atom is 0.251 e. The van der Waals surface area contributed by atoms with Gasteiger partial charge in [0.2, 0.25) is 5.91 Å². The Balaban J connectivity index is 1.71. The number of unbranched alkanes of at least 4 members (excludes halogenated alkanes) is 2. The van der Waals surface area contributed by atoms with Crippen molar-refractivity contribution >= 4 is 11.8 Å². The Morgan fingerprint density at radius 2 is 1.44 bits per heavy atom. The summed E-state index contributed by atoms with van der Waals surface area (Å²) in [4.78, 5) is 23.0. The number of aryl methyl sites for hydroxylation is 2. The van der Waals surface area contributed by atoms with Gasteiger partial charge in [0.05, 0.1) is 0 Å². The zero-order valence-corrected chi connectivity index (χ0v) is 14.7. The van der Waals surface area contributed by atoms with Gasteiger partial charge in [0.1, 0.15) is 6.04 Å². The lowest BCUT2D eigenvalue weighted by atomic mass is 10.0. The molecule has 0 aromatic heterocycles. The molecule has 2 aromatic carbocycles. The van der Waals surface area contributed by atoms with Crippen LogP contribution in [-0.2, 0) is 17.6 Å². The summed E-state index contributed by atoms with van der Waals surface area (Å²) in [7, 11) is 0.